The number of ketones is 2. The zero-order valence-corrected chi connectivity index (χ0v) is 13.2. The molecular formula is C19H18O4. The summed E-state index contributed by atoms with van der Waals surface area (Å²) in [7, 11) is 0. The van der Waals surface area contributed by atoms with Gasteiger partial charge in [-0.2, -0.15) is 0 Å². The third-order valence-electron chi connectivity index (χ3n) is 4.20. The van der Waals surface area contributed by atoms with Crippen LogP contribution in [0.3, 0.4) is 0 Å². The summed E-state index contributed by atoms with van der Waals surface area (Å²) < 4.78 is 6.09. The van der Waals surface area contributed by atoms with Crippen LogP contribution < -0.4 is 0 Å². The van der Waals surface area contributed by atoms with Crippen LogP contribution in [0.1, 0.15) is 26.7 Å². The second-order valence-corrected chi connectivity index (χ2v) is 5.98. The minimum absolute atomic E-state index is 0.0304. The number of allylic oxidation sites excluding steroid dienone is 5. The molecule has 23 heavy (non-hydrogen) atoms. The van der Waals surface area contributed by atoms with Gasteiger partial charge >= 0.3 is 0 Å². The SMILES string of the molecule is C=CCC1=C(O)C(C(C)=O)=CC2=CC3=CC(=O)CC(C)=C3OC21. The highest BCUT2D eigenvalue weighted by atomic mass is 16.5. The van der Waals surface area contributed by atoms with Gasteiger partial charge in [-0.25, -0.2) is 0 Å². The van der Waals surface area contributed by atoms with Gasteiger partial charge in [0.25, 0.3) is 0 Å². The molecule has 0 aromatic rings. The van der Waals surface area contributed by atoms with Gasteiger partial charge in [0.1, 0.15) is 17.6 Å². The maximum absolute atomic E-state index is 11.8. The number of aliphatic hydroxyl groups excluding tert-OH is 1. The normalized spacial score (nSPS) is 23.3. The van der Waals surface area contributed by atoms with Gasteiger partial charge in [0.05, 0.1) is 5.57 Å². The predicted octanol–water partition coefficient (Wildman–Crippen LogP) is 3.40. The summed E-state index contributed by atoms with van der Waals surface area (Å²) in [6.07, 6.45) is 7.05. The summed E-state index contributed by atoms with van der Waals surface area (Å²) in [6.45, 7) is 6.99. The highest BCUT2D eigenvalue weighted by molar-refractivity contribution is 5.99. The van der Waals surface area contributed by atoms with Crippen LogP contribution in [0.2, 0.25) is 0 Å². The summed E-state index contributed by atoms with van der Waals surface area (Å²) in [4.78, 5) is 23.5. The van der Waals surface area contributed by atoms with E-state index in [1.165, 1.54) is 6.92 Å². The highest BCUT2D eigenvalue weighted by Gasteiger charge is 2.35. The lowest BCUT2D eigenvalue weighted by Crippen LogP contribution is -2.29. The van der Waals surface area contributed by atoms with Crippen molar-refractivity contribution < 1.29 is 19.4 Å². The fraction of sp³-hybridized carbons (Fsp3) is 0.263. The summed E-state index contributed by atoms with van der Waals surface area (Å²) in [5, 5.41) is 10.4. The van der Waals surface area contributed by atoms with Gasteiger partial charge in [0.2, 0.25) is 0 Å². The Hall–Kier alpha value is -2.62. The highest BCUT2D eigenvalue weighted by Crippen LogP contribution is 2.41. The predicted molar refractivity (Wildman–Crippen MR) is 86.6 cm³/mol. The number of aliphatic hydroxyl groups is 1. The molecule has 0 saturated carbocycles. The van der Waals surface area contributed by atoms with E-state index in [-0.39, 0.29) is 22.9 Å². The Morgan fingerprint density at radius 3 is 2.83 bits per heavy atom. The van der Waals surface area contributed by atoms with E-state index in [1.54, 1.807) is 18.2 Å². The van der Waals surface area contributed by atoms with Gasteiger partial charge < -0.3 is 9.84 Å². The van der Waals surface area contributed by atoms with Gasteiger partial charge in [0, 0.05) is 17.6 Å². The van der Waals surface area contributed by atoms with E-state index in [0.717, 1.165) is 16.7 Å². The second kappa shape index (κ2) is 5.54. The van der Waals surface area contributed by atoms with Gasteiger partial charge in [-0.3, -0.25) is 9.59 Å². The maximum atomic E-state index is 11.8. The van der Waals surface area contributed by atoms with Crippen LogP contribution in [-0.2, 0) is 14.3 Å². The largest absolute Gasteiger partial charge is 0.507 e. The van der Waals surface area contributed by atoms with Crippen LogP contribution in [0.5, 0.6) is 0 Å². The first-order valence-electron chi connectivity index (χ1n) is 7.51. The molecule has 0 saturated heterocycles. The van der Waals surface area contributed by atoms with E-state index in [9.17, 15) is 14.7 Å². The molecule has 0 fully saturated rings. The van der Waals surface area contributed by atoms with Crippen molar-refractivity contribution in [1.29, 1.82) is 0 Å². The molecule has 1 N–H and O–H groups in total. The molecule has 4 nitrogen and oxygen atoms in total. The van der Waals surface area contributed by atoms with E-state index in [1.807, 2.05) is 13.0 Å². The number of fused-ring (bicyclic) bond motifs is 2. The van der Waals surface area contributed by atoms with Crippen molar-refractivity contribution in [3.8, 4) is 0 Å². The van der Waals surface area contributed by atoms with E-state index < -0.39 is 6.10 Å². The van der Waals surface area contributed by atoms with Crippen LogP contribution >= 0.6 is 0 Å². The molecular weight excluding hydrogens is 292 g/mol. The molecule has 2 aliphatic carbocycles. The monoisotopic (exact) mass is 310 g/mol. The molecule has 0 bridgehead atoms. The van der Waals surface area contributed by atoms with E-state index in [0.29, 0.717) is 24.2 Å². The molecule has 0 radical (unpaired) electrons. The molecule has 1 heterocycles. The van der Waals surface area contributed by atoms with E-state index in [2.05, 4.69) is 6.58 Å². The van der Waals surface area contributed by atoms with Crippen molar-refractivity contribution in [1.82, 2.24) is 0 Å². The fourth-order valence-corrected chi connectivity index (χ4v) is 3.14. The first kappa shape index (κ1) is 15.3. The number of carbonyl (C=O) groups is 2. The van der Waals surface area contributed by atoms with Gasteiger partial charge in [-0.15, -0.1) is 6.58 Å². The molecule has 3 rings (SSSR count). The van der Waals surface area contributed by atoms with Crippen molar-refractivity contribution >= 4 is 11.6 Å². The number of Topliss-reactive ketones (excluding diaryl/α,β-unsaturated/α-hetero) is 1. The molecule has 1 atom stereocenters. The molecule has 1 unspecified atom stereocenters. The Bertz CT molecular complexity index is 784. The third-order valence-corrected chi connectivity index (χ3v) is 4.20. The number of ether oxygens (including phenoxy) is 1. The van der Waals surface area contributed by atoms with Crippen LogP contribution in [0.4, 0.5) is 0 Å². The minimum Gasteiger partial charge on any atom is -0.507 e. The standard InChI is InChI=1S/C19H18O4/c1-4-5-15-17(22)16(11(3)20)9-13-7-12-8-14(21)6-10(2)18(12)23-19(13)15/h4,7-9,19,22H,1,5-6H2,2-3H3. The zero-order chi connectivity index (χ0) is 16.7. The quantitative estimate of drug-likeness (QED) is 0.811. The molecule has 0 amide bonds. The summed E-state index contributed by atoms with van der Waals surface area (Å²) >= 11 is 0. The Morgan fingerprint density at radius 1 is 1.43 bits per heavy atom. The first-order valence-corrected chi connectivity index (χ1v) is 7.51. The summed E-state index contributed by atoms with van der Waals surface area (Å²) in [6, 6.07) is 0. The Kier molecular flexibility index (Phi) is 3.68. The van der Waals surface area contributed by atoms with E-state index in [4.69, 9.17) is 4.74 Å². The molecule has 0 aromatic heterocycles. The van der Waals surface area contributed by atoms with Crippen molar-refractivity contribution in [3.63, 3.8) is 0 Å². The molecule has 0 aromatic carbocycles. The smallest absolute Gasteiger partial charge is 0.163 e. The van der Waals surface area contributed by atoms with Crippen LogP contribution in [0.15, 0.2) is 70.3 Å². The minimum atomic E-state index is -0.452. The van der Waals surface area contributed by atoms with Gasteiger partial charge in [-0.1, -0.05) is 6.08 Å². The summed E-state index contributed by atoms with van der Waals surface area (Å²) in [5.41, 5.74) is 3.25. The van der Waals surface area contributed by atoms with Crippen molar-refractivity contribution in [2.75, 3.05) is 0 Å². The second-order valence-electron chi connectivity index (χ2n) is 5.98. The van der Waals surface area contributed by atoms with Crippen molar-refractivity contribution in [2.24, 2.45) is 0 Å². The zero-order valence-electron chi connectivity index (χ0n) is 13.2. The molecule has 3 aliphatic rings. The van der Waals surface area contributed by atoms with Crippen LogP contribution in [0.25, 0.3) is 0 Å². The van der Waals surface area contributed by atoms with Crippen molar-refractivity contribution in [2.45, 2.75) is 32.8 Å². The topological polar surface area (TPSA) is 63.6 Å². The Labute approximate surface area is 134 Å². The number of rotatable bonds is 3. The first-order chi connectivity index (χ1) is 10.9. The fourth-order valence-electron chi connectivity index (χ4n) is 3.14. The summed E-state index contributed by atoms with van der Waals surface area (Å²) in [5.74, 6) is 0.482. The lowest BCUT2D eigenvalue weighted by atomic mass is 9.83. The van der Waals surface area contributed by atoms with Gasteiger partial charge in [-0.05, 0) is 49.6 Å². The van der Waals surface area contributed by atoms with Crippen LogP contribution in [-0.4, -0.2) is 22.8 Å². The number of hydrogen-bond acceptors (Lipinski definition) is 4. The van der Waals surface area contributed by atoms with Gasteiger partial charge in [0.15, 0.2) is 11.6 Å². The average Bonchev–Trinajstić information content (AvgIpc) is 2.48. The lowest BCUT2D eigenvalue weighted by molar-refractivity contribution is -0.114. The Morgan fingerprint density at radius 2 is 2.17 bits per heavy atom. The Balaban J connectivity index is 2.17. The van der Waals surface area contributed by atoms with Crippen molar-refractivity contribution in [3.05, 3.63) is 70.3 Å². The average molecular weight is 310 g/mol. The molecule has 1 aliphatic heterocycles. The maximum Gasteiger partial charge on any atom is 0.163 e. The van der Waals surface area contributed by atoms with Crippen LogP contribution in [0, 0.1) is 0 Å². The van der Waals surface area contributed by atoms with E-state index >= 15 is 0 Å². The number of hydrogen-bond donors (Lipinski definition) is 1. The number of carbonyl (C=O) groups excluding carboxylic acids is 2. The molecule has 118 valence electrons. The third kappa shape index (κ3) is 2.50. The molecule has 4 heteroatoms. The lowest BCUT2D eigenvalue weighted by Gasteiger charge is -2.34. The molecule has 0 spiro atoms.